The largest absolute Gasteiger partial charge is 0.368 e. The quantitative estimate of drug-likeness (QED) is 0.661. The van der Waals surface area contributed by atoms with Crippen molar-refractivity contribution in [3.05, 3.63) is 18.2 Å². The third-order valence-electron chi connectivity index (χ3n) is 1.69. The average Bonchev–Trinajstić information content (AvgIpc) is 2.33. The van der Waals surface area contributed by atoms with Crippen LogP contribution in [0.1, 0.15) is 18.8 Å². The van der Waals surface area contributed by atoms with E-state index < -0.39 is 0 Å². The second kappa shape index (κ2) is 2.74. The van der Waals surface area contributed by atoms with Crippen LogP contribution in [0.15, 0.2) is 12.4 Å². The maximum atomic E-state index is 10.7. The zero-order chi connectivity index (χ0) is 8.43. The Morgan fingerprint density at radius 1 is 1.82 bits per heavy atom. The lowest BCUT2D eigenvalue weighted by Gasteiger charge is -2.09. The van der Waals surface area contributed by atoms with E-state index in [9.17, 15) is 4.79 Å². The Kier molecular flexibility index (Phi) is 1.94. The number of rotatable bonds is 2. The molecule has 0 bridgehead atoms. The number of carbonyl (C=O) groups excluding carboxylic acids is 1. The Morgan fingerprint density at radius 2 is 2.45 bits per heavy atom. The van der Waals surface area contributed by atoms with E-state index in [-0.39, 0.29) is 11.9 Å². The molecule has 0 spiro atoms. The summed E-state index contributed by atoms with van der Waals surface area (Å²) in [6.07, 6.45) is 3.39. The molecule has 4 heteroatoms. The summed E-state index contributed by atoms with van der Waals surface area (Å²) < 4.78 is 1.74. The van der Waals surface area contributed by atoms with E-state index in [0.29, 0.717) is 0 Å². The molecule has 1 aromatic rings. The predicted octanol–water partition coefficient (Wildman–Crippen LogP) is 0.238. The predicted molar refractivity (Wildman–Crippen MR) is 40.9 cm³/mol. The van der Waals surface area contributed by atoms with E-state index in [4.69, 9.17) is 5.73 Å². The molecule has 0 radical (unpaired) electrons. The van der Waals surface area contributed by atoms with Gasteiger partial charge in [-0.1, -0.05) is 0 Å². The summed E-state index contributed by atoms with van der Waals surface area (Å²) in [6, 6.07) is -0.308. The first-order chi connectivity index (χ1) is 5.13. The number of primary amides is 1. The summed E-state index contributed by atoms with van der Waals surface area (Å²) in [7, 11) is 0. The van der Waals surface area contributed by atoms with E-state index in [1.807, 2.05) is 6.92 Å². The average molecular weight is 153 g/mol. The highest BCUT2D eigenvalue weighted by Gasteiger charge is 2.11. The number of carbonyl (C=O) groups is 1. The van der Waals surface area contributed by atoms with Crippen LogP contribution in [0.2, 0.25) is 0 Å². The third kappa shape index (κ3) is 1.39. The van der Waals surface area contributed by atoms with E-state index in [1.165, 1.54) is 0 Å². The van der Waals surface area contributed by atoms with Gasteiger partial charge in [-0.3, -0.25) is 4.79 Å². The van der Waals surface area contributed by atoms with Gasteiger partial charge in [-0.15, -0.1) is 0 Å². The Labute approximate surface area is 65.0 Å². The minimum atomic E-state index is -0.342. The van der Waals surface area contributed by atoms with Crippen LogP contribution in [-0.4, -0.2) is 15.5 Å². The lowest BCUT2D eigenvalue weighted by atomic mass is 10.3. The second-order valence-electron chi connectivity index (χ2n) is 2.46. The van der Waals surface area contributed by atoms with Gasteiger partial charge in [0.05, 0.1) is 0 Å². The summed E-state index contributed by atoms with van der Waals surface area (Å²) in [4.78, 5) is 14.7. The van der Waals surface area contributed by atoms with Crippen molar-refractivity contribution in [3.63, 3.8) is 0 Å². The maximum Gasteiger partial charge on any atom is 0.240 e. The minimum Gasteiger partial charge on any atom is -0.368 e. The highest BCUT2D eigenvalue weighted by atomic mass is 16.1. The molecule has 0 saturated heterocycles. The minimum absolute atomic E-state index is 0.308. The third-order valence-corrected chi connectivity index (χ3v) is 1.69. The molecular formula is C7H11N3O. The van der Waals surface area contributed by atoms with Gasteiger partial charge in [-0.2, -0.15) is 0 Å². The fourth-order valence-corrected chi connectivity index (χ4v) is 0.934. The van der Waals surface area contributed by atoms with Crippen LogP contribution in [0.3, 0.4) is 0 Å². The molecule has 4 nitrogen and oxygen atoms in total. The van der Waals surface area contributed by atoms with Gasteiger partial charge < -0.3 is 10.3 Å². The molecule has 0 aliphatic rings. The lowest BCUT2D eigenvalue weighted by Crippen LogP contribution is -2.24. The molecule has 0 fully saturated rings. The van der Waals surface area contributed by atoms with Crippen molar-refractivity contribution < 1.29 is 4.79 Å². The van der Waals surface area contributed by atoms with Gasteiger partial charge in [0.2, 0.25) is 5.91 Å². The number of amides is 1. The molecule has 2 N–H and O–H groups in total. The zero-order valence-corrected chi connectivity index (χ0v) is 6.61. The van der Waals surface area contributed by atoms with Crippen LogP contribution >= 0.6 is 0 Å². The van der Waals surface area contributed by atoms with Gasteiger partial charge in [-0.05, 0) is 13.8 Å². The second-order valence-corrected chi connectivity index (χ2v) is 2.46. The van der Waals surface area contributed by atoms with Crippen molar-refractivity contribution in [3.8, 4) is 0 Å². The van der Waals surface area contributed by atoms with Crippen molar-refractivity contribution in [2.75, 3.05) is 0 Å². The summed E-state index contributed by atoms with van der Waals surface area (Å²) in [6.45, 7) is 3.58. The van der Waals surface area contributed by atoms with Crippen molar-refractivity contribution in [2.45, 2.75) is 19.9 Å². The van der Waals surface area contributed by atoms with E-state index in [1.54, 1.807) is 23.9 Å². The van der Waals surface area contributed by atoms with Crippen molar-refractivity contribution in [1.29, 1.82) is 0 Å². The standard InChI is InChI=1S/C7H11N3O/c1-5(7(8)11)10-4-3-9-6(10)2/h3-5H,1-2H3,(H2,8,11). The number of hydrogen-bond donors (Lipinski definition) is 1. The van der Waals surface area contributed by atoms with Crippen molar-refractivity contribution in [1.82, 2.24) is 9.55 Å². The Bertz CT molecular complexity index is 266. The maximum absolute atomic E-state index is 10.7. The number of aromatic nitrogens is 2. The smallest absolute Gasteiger partial charge is 0.240 e. The molecule has 11 heavy (non-hydrogen) atoms. The number of aryl methyl sites for hydroxylation is 1. The molecule has 60 valence electrons. The van der Waals surface area contributed by atoms with Gasteiger partial charge in [0.15, 0.2) is 0 Å². The molecule has 0 aromatic carbocycles. The Morgan fingerprint density at radius 3 is 2.82 bits per heavy atom. The van der Waals surface area contributed by atoms with Gasteiger partial charge in [0, 0.05) is 12.4 Å². The van der Waals surface area contributed by atoms with E-state index in [2.05, 4.69) is 4.98 Å². The number of imidazole rings is 1. The molecular weight excluding hydrogens is 142 g/mol. The molecule has 1 heterocycles. The highest BCUT2D eigenvalue weighted by Crippen LogP contribution is 2.06. The van der Waals surface area contributed by atoms with E-state index in [0.717, 1.165) is 5.82 Å². The first kappa shape index (κ1) is 7.78. The van der Waals surface area contributed by atoms with Crippen LogP contribution in [0.5, 0.6) is 0 Å². The van der Waals surface area contributed by atoms with Gasteiger partial charge in [0.25, 0.3) is 0 Å². The van der Waals surface area contributed by atoms with Crippen LogP contribution < -0.4 is 5.73 Å². The number of nitrogens with two attached hydrogens (primary N) is 1. The normalized spacial score (nSPS) is 12.9. The first-order valence-electron chi connectivity index (χ1n) is 3.41. The Hall–Kier alpha value is -1.32. The van der Waals surface area contributed by atoms with Gasteiger partial charge in [0.1, 0.15) is 11.9 Å². The molecule has 1 atom stereocenters. The number of hydrogen-bond acceptors (Lipinski definition) is 2. The fraction of sp³-hybridized carbons (Fsp3) is 0.429. The molecule has 1 aromatic heterocycles. The summed E-state index contributed by atoms with van der Waals surface area (Å²) in [5, 5.41) is 0. The van der Waals surface area contributed by atoms with Gasteiger partial charge >= 0.3 is 0 Å². The SMILES string of the molecule is Cc1nccn1C(C)C(N)=O. The number of nitrogens with zero attached hydrogens (tertiary/aromatic N) is 2. The molecule has 1 amide bonds. The topological polar surface area (TPSA) is 60.9 Å². The summed E-state index contributed by atoms with van der Waals surface area (Å²) in [5.74, 6) is 0.461. The first-order valence-corrected chi connectivity index (χ1v) is 3.41. The van der Waals surface area contributed by atoms with E-state index >= 15 is 0 Å². The van der Waals surface area contributed by atoms with Gasteiger partial charge in [-0.25, -0.2) is 4.98 Å². The molecule has 0 aliphatic carbocycles. The van der Waals surface area contributed by atoms with Crippen LogP contribution in [0.4, 0.5) is 0 Å². The lowest BCUT2D eigenvalue weighted by molar-refractivity contribution is -0.120. The van der Waals surface area contributed by atoms with Crippen molar-refractivity contribution >= 4 is 5.91 Å². The zero-order valence-electron chi connectivity index (χ0n) is 6.61. The van der Waals surface area contributed by atoms with Crippen LogP contribution in [-0.2, 0) is 4.79 Å². The molecule has 1 rings (SSSR count). The Balaban J connectivity index is 2.92. The van der Waals surface area contributed by atoms with Crippen LogP contribution in [0, 0.1) is 6.92 Å². The molecule has 0 saturated carbocycles. The monoisotopic (exact) mass is 153 g/mol. The fourth-order valence-electron chi connectivity index (χ4n) is 0.934. The molecule has 1 unspecified atom stereocenters. The highest BCUT2D eigenvalue weighted by molar-refractivity contribution is 5.77. The summed E-state index contributed by atoms with van der Waals surface area (Å²) in [5.41, 5.74) is 5.11. The molecule has 0 aliphatic heterocycles. The van der Waals surface area contributed by atoms with Crippen LogP contribution in [0.25, 0.3) is 0 Å². The summed E-state index contributed by atoms with van der Waals surface area (Å²) >= 11 is 0. The van der Waals surface area contributed by atoms with Crippen molar-refractivity contribution in [2.24, 2.45) is 5.73 Å².